The number of carbonyl (C=O) groups is 1. The molecule has 132 valence electrons. The van der Waals surface area contributed by atoms with Crippen molar-refractivity contribution in [3.63, 3.8) is 0 Å². The minimum Gasteiger partial charge on any atom is -0.401 e. The molecule has 1 aromatic carbocycles. The zero-order valence-corrected chi connectivity index (χ0v) is 13.9. The van der Waals surface area contributed by atoms with Crippen molar-refractivity contribution in [1.82, 2.24) is 20.0 Å². The zero-order valence-electron chi connectivity index (χ0n) is 13.9. The highest BCUT2D eigenvalue weighted by molar-refractivity contribution is 6.00. The number of nitro benzene ring substituents is 1. The van der Waals surface area contributed by atoms with Crippen molar-refractivity contribution < 1.29 is 14.1 Å². The standard InChI is InChI=1S/C16H14N6O4/c1-10-8-13(21(2)20-10)15-18-19-16(26-15)17-14(23)7-6-11-4-3-5-12(9-11)22(24)25/h3-9H,1-2H3,(H,17,19,23). The fourth-order valence-corrected chi connectivity index (χ4v) is 2.25. The smallest absolute Gasteiger partial charge is 0.322 e. The number of anilines is 1. The Morgan fingerprint density at radius 1 is 1.35 bits per heavy atom. The minimum atomic E-state index is -0.507. The van der Waals surface area contributed by atoms with Gasteiger partial charge in [0.25, 0.3) is 17.5 Å². The number of aryl methyl sites for hydroxylation is 2. The third kappa shape index (κ3) is 3.80. The number of nitrogens with one attached hydrogen (secondary N) is 1. The topological polar surface area (TPSA) is 129 Å². The van der Waals surface area contributed by atoms with E-state index in [4.69, 9.17) is 4.42 Å². The van der Waals surface area contributed by atoms with E-state index in [2.05, 4.69) is 20.6 Å². The first-order chi connectivity index (χ1) is 12.4. The molecule has 1 amide bonds. The Morgan fingerprint density at radius 2 is 2.15 bits per heavy atom. The molecule has 0 fully saturated rings. The van der Waals surface area contributed by atoms with E-state index in [0.717, 1.165) is 5.69 Å². The lowest BCUT2D eigenvalue weighted by Crippen LogP contribution is -2.07. The van der Waals surface area contributed by atoms with Gasteiger partial charge in [-0.2, -0.15) is 5.10 Å². The van der Waals surface area contributed by atoms with Gasteiger partial charge in [0, 0.05) is 25.3 Å². The van der Waals surface area contributed by atoms with E-state index in [1.54, 1.807) is 23.9 Å². The van der Waals surface area contributed by atoms with Gasteiger partial charge >= 0.3 is 6.01 Å². The molecule has 3 aromatic rings. The molecule has 0 aliphatic heterocycles. The van der Waals surface area contributed by atoms with E-state index in [9.17, 15) is 14.9 Å². The number of nitro groups is 1. The number of hydrogen-bond donors (Lipinski definition) is 1. The average Bonchev–Trinajstić information content (AvgIpc) is 3.19. The van der Waals surface area contributed by atoms with Crippen LogP contribution >= 0.6 is 0 Å². The summed E-state index contributed by atoms with van der Waals surface area (Å²) in [5.74, 6) is -0.279. The number of non-ortho nitro benzene ring substituents is 1. The number of carbonyl (C=O) groups excluding carboxylic acids is 1. The normalized spacial score (nSPS) is 11.0. The molecule has 0 saturated heterocycles. The maximum Gasteiger partial charge on any atom is 0.322 e. The van der Waals surface area contributed by atoms with Gasteiger partial charge in [0.05, 0.1) is 10.6 Å². The van der Waals surface area contributed by atoms with E-state index in [1.165, 1.54) is 30.4 Å². The van der Waals surface area contributed by atoms with Crippen LogP contribution in [0.1, 0.15) is 11.3 Å². The van der Waals surface area contributed by atoms with Crippen molar-refractivity contribution in [2.45, 2.75) is 6.92 Å². The number of rotatable bonds is 5. The van der Waals surface area contributed by atoms with Crippen molar-refractivity contribution in [3.05, 3.63) is 57.8 Å². The Hall–Kier alpha value is -3.82. The van der Waals surface area contributed by atoms with E-state index in [0.29, 0.717) is 11.3 Å². The summed E-state index contributed by atoms with van der Waals surface area (Å²) < 4.78 is 6.99. The molecule has 2 heterocycles. The van der Waals surface area contributed by atoms with E-state index in [1.807, 2.05) is 6.92 Å². The van der Waals surface area contributed by atoms with Gasteiger partial charge in [-0.15, -0.1) is 5.10 Å². The number of hydrogen-bond acceptors (Lipinski definition) is 7. The van der Waals surface area contributed by atoms with Crippen LogP contribution < -0.4 is 5.32 Å². The summed E-state index contributed by atoms with van der Waals surface area (Å²) in [5, 5.41) is 25.0. The first-order valence-electron chi connectivity index (χ1n) is 7.50. The third-order valence-corrected chi connectivity index (χ3v) is 3.38. The first-order valence-corrected chi connectivity index (χ1v) is 7.50. The van der Waals surface area contributed by atoms with Gasteiger partial charge in [-0.3, -0.25) is 24.9 Å². The molecule has 0 radical (unpaired) electrons. The molecule has 3 rings (SSSR count). The van der Waals surface area contributed by atoms with Crippen LogP contribution in [0.15, 0.2) is 40.8 Å². The second-order valence-electron chi connectivity index (χ2n) is 5.38. The Balaban J connectivity index is 1.68. The zero-order chi connectivity index (χ0) is 18.7. The predicted molar refractivity (Wildman–Crippen MR) is 92.0 cm³/mol. The maximum atomic E-state index is 11.9. The molecule has 2 aromatic heterocycles. The molecular formula is C16H14N6O4. The Kier molecular flexibility index (Phi) is 4.56. The molecular weight excluding hydrogens is 340 g/mol. The van der Waals surface area contributed by atoms with Crippen LogP contribution in [0, 0.1) is 17.0 Å². The van der Waals surface area contributed by atoms with Crippen molar-refractivity contribution in [2.24, 2.45) is 7.05 Å². The highest BCUT2D eigenvalue weighted by atomic mass is 16.6. The number of amides is 1. The second-order valence-corrected chi connectivity index (χ2v) is 5.38. The molecule has 0 saturated carbocycles. The summed E-state index contributed by atoms with van der Waals surface area (Å²) >= 11 is 0. The van der Waals surface area contributed by atoms with E-state index >= 15 is 0 Å². The van der Waals surface area contributed by atoms with Gasteiger partial charge in [-0.1, -0.05) is 17.2 Å². The highest BCUT2D eigenvalue weighted by Crippen LogP contribution is 2.20. The van der Waals surface area contributed by atoms with E-state index < -0.39 is 10.8 Å². The van der Waals surface area contributed by atoms with Gasteiger partial charge in [0.15, 0.2) is 0 Å². The lowest BCUT2D eigenvalue weighted by Gasteiger charge is -1.96. The van der Waals surface area contributed by atoms with Crippen LogP contribution in [-0.4, -0.2) is 30.8 Å². The Bertz CT molecular complexity index is 1000. The fraction of sp³-hybridized carbons (Fsp3) is 0.125. The predicted octanol–water partition coefficient (Wildman–Crippen LogP) is 2.34. The lowest BCUT2D eigenvalue weighted by atomic mass is 10.2. The third-order valence-electron chi connectivity index (χ3n) is 3.38. The summed E-state index contributed by atoms with van der Waals surface area (Å²) in [6.45, 7) is 1.83. The van der Waals surface area contributed by atoms with Crippen LogP contribution in [0.5, 0.6) is 0 Å². The number of aromatic nitrogens is 4. The molecule has 10 heteroatoms. The molecule has 0 atom stereocenters. The summed E-state index contributed by atoms with van der Waals surface area (Å²) in [4.78, 5) is 22.2. The van der Waals surface area contributed by atoms with E-state index in [-0.39, 0.29) is 17.6 Å². The van der Waals surface area contributed by atoms with Crippen molar-refractivity contribution in [1.29, 1.82) is 0 Å². The fourth-order valence-electron chi connectivity index (χ4n) is 2.25. The summed E-state index contributed by atoms with van der Waals surface area (Å²) in [6, 6.07) is 7.63. The maximum absolute atomic E-state index is 11.9. The van der Waals surface area contributed by atoms with Gasteiger partial charge < -0.3 is 4.42 Å². The SMILES string of the molecule is Cc1cc(-c2nnc(NC(=O)C=Cc3cccc([N+](=O)[O-])c3)o2)n(C)n1. The molecule has 0 aliphatic carbocycles. The molecule has 0 aliphatic rings. The number of nitrogens with zero attached hydrogens (tertiary/aromatic N) is 5. The molecule has 1 N–H and O–H groups in total. The van der Waals surface area contributed by atoms with Crippen LogP contribution in [-0.2, 0) is 11.8 Å². The largest absolute Gasteiger partial charge is 0.401 e. The molecule has 0 bridgehead atoms. The highest BCUT2D eigenvalue weighted by Gasteiger charge is 2.14. The minimum absolute atomic E-state index is 0.0550. The van der Waals surface area contributed by atoms with Crippen molar-refractivity contribution in [3.8, 4) is 11.6 Å². The second kappa shape index (κ2) is 6.97. The van der Waals surface area contributed by atoms with Crippen molar-refractivity contribution in [2.75, 3.05) is 5.32 Å². The molecule has 0 spiro atoms. The average molecular weight is 354 g/mol. The monoisotopic (exact) mass is 354 g/mol. The van der Waals surface area contributed by atoms with Gasteiger partial charge in [0.1, 0.15) is 5.69 Å². The van der Waals surface area contributed by atoms with Crippen molar-refractivity contribution >= 4 is 23.7 Å². The lowest BCUT2D eigenvalue weighted by molar-refractivity contribution is -0.384. The molecule has 26 heavy (non-hydrogen) atoms. The van der Waals surface area contributed by atoms with Gasteiger partial charge in [0.2, 0.25) is 0 Å². The van der Waals surface area contributed by atoms with Crippen LogP contribution in [0.4, 0.5) is 11.7 Å². The summed E-state index contributed by atoms with van der Waals surface area (Å²) in [7, 11) is 1.74. The quantitative estimate of drug-likeness (QED) is 0.423. The summed E-state index contributed by atoms with van der Waals surface area (Å²) in [5.41, 5.74) is 1.89. The Morgan fingerprint density at radius 3 is 2.85 bits per heavy atom. The number of benzene rings is 1. The molecule has 0 unspecified atom stereocenters. The van der Waals surface area contributed by atoms with Gasteiger partial charge in [-0.25, -0.2) is 0 Å². The van der Waals surface area contributed by atoms with Crippen LogP contribution in [0.3, 0.4) is 0 Å². The van der Waals surface area contributed by atoms with Crippen LogP contribution in [0.2, 0.25) is 0 Å². The van der Waals surface area contributed by atoms with Crippen LogP contribution in [0.25, 0.3) is 17.7 Å². The molecule has 10 nitrogen and oxygen atoms in total. The first kappa shape index (κ1) is 17.0. The Labute approximate surface area is 147 Å². The van der Waals surface area contributed by atoms with Gasteiger partial charge in [-0.05, 0) is 24.6 Å². The summed E-state index contributed by atoms with van der Waals surface area (Å²) in [6.07, 6.45) is 2.67.